The summed E-state index contributed by atoms with van der Waals surface area (Å²) >= 11 is 0. The summed E-state index contributed by atoms with van der Waals surface area (Å²) in [4.78, 5) is 0. The first-order valence-electron chi connectivity index (χ1n) is 8.29. The van der Waals surface area contributed by atoms with Gasteiger partial charge in [0.15, 0.2) is 0 Å². The minimum atomic E-state index is -0.490. The summed E-state index contributed by atoms with van der Waals surface area (Å²) in [5.41, 5.74) is 6.07. The quantitative estimate of drug-likeness (QED) is 0.815. The second-order valence-corrected chi connectivity index (χ2v) is 8.03. The van der Waals surface area contributed by atoms with E-state index in [9.17, 15) is 5.11 Å². The average Bonchev–Trinajstić information content (AvgIpc) is 2.42. The summed E-state index contributed by atoms with van der Waals surface area (Å²) < 4.78 is 0. The Labute approximate surface area is 119 Å². The molecule has 2 heteroatoms. The molecule has 0 saturated heterocycles. The van der Waals surface area contributed by atoms with Gasteiger partial charge >= 0.3 is 0 Å². The Morgan fingerprint density at radius 1 is 1.00 bits per heavy atom. The first-order chi connectivity index (χ1) is 8.86. The van der Waals surface area contributed by atoms with Crippen LogP contribution in [-0.2, 0) is 0 Å². The normalized spacial score (nSPS) is 38.1. The van der Waals surface area contributed by atoms with E-state index in [0.29, 0.717) is 12.0 Å². The highest BCUT2D eigenvalue weighted by molar-refractivity contribution is 5.04. The molecule has 2 aliphatic rings. The van der Waals surface area contributed by atoms with Gasteiger partial charge < -0.3 is 10.8 Å². The minimum Gasteiger partial charge on any atom is -0.389 e. The molecule has 0 aromatic rings. The van der Waals surface area contributed by atoms with E-state index in [1.807, 2.05) is 0 Å². The van der Waals surface area contributed by atoms with Crippen molar-refractivity contribution in [1.29, 1.82) is 0 Å². The third kappa shape index (κ3) is 2.85. The highest BCUT2D eigenvalue weighted by atomic mass is 16.3. The van der Waals surface area contributed by atoms with Crippen LogP contribution in [0.1, 0.15) is 78.6 Å². The molecular weight excluding hydrogens is 234 g/mol. The van der Waals surface area contributed by atoms with Gasteiger partial charge in [-0.05, 0) is 62.7 Å². The monoisotopic (exact) mass is 267 g/mol. The molecule has 2 aliphatic carbocycles. The van der Waals surface area contributed by atoms with Gasteiger partial charge in [0.05, 0.1) is 5.60 Å². The Kier molecular flexibility index (Phi) is 4.32. The molecule has 0 amide bonds. The summed E-state index contributed by atoms with van der Waals surface area (Å²) in [6.45, 7) is 7.61. The van der Waals surface area contributed by atoms with Crippen LogP contribution in [0.4, 0.5) is 0 Å². The fourth-order valence-corrected chi connectivity index (χ4v) is 4.37. The lowest BCUT2D eigenvalue weighted by Gasteiger charge is -2.54. The zero-order valence-corrected chi connectivity index (χ0v) is 13.2. The average molecular weight is 267 g/mol. The molecule has 112 valence electrons. The molecule has 0 radical (unpaired) electrons. The number of hydrogen-bond donors (Lipinski definition) is 2. The summed E-state index contributed by atoms with van der Waals surface area (Å²) in [6, 6.07) is 0. The Morgan fingerprint density at radius 3 is 1.95 bits per heavy atom. The second-order valence-electron chi connectivity index (χ2n) is 8.03. The van der Waals surface area contributed by atoms with Crippen molar-refractivity contribution in [3.05, 3.63) is 0 Å². The molecule has 2 fully saturated rings. The molecule has 2 saturated carbocycles. The standard InChI is InChI=1S/C17H33NO/c1-4-14-5-7-16(13-18,8-6-14)17(19)11-9-15(2,3)10-12-17/h14,19H,4-13,18H2,1-3H3. The Hall–Kier alpha value is -0.0800. The first kappa shape index (κ1) is 15.3. The highest BCUT2D eigenvalue weighted by Crippen LogP contribution is 2.54. The maximum Gasteiger partial charge on any atom is 0.0716 e. The van der Waals surface area contributed by atoms with Gasteiger partial charge in [-0.15, -0.1) is 0 Å². The second kappa shape index (κ2) is 5.37. The van der Waals surface area contributed by atoms with Crippen LogP contribution in [-0.4, -0.2) is 17.3 Å². The number of aliphatic hydroxyl groups is 1. The fraction of sp³-hybridized carbons (Fsp3) is 1.00. The van der Waals surface area contributed by atoms with E-state index in [1.54, 1.807) is 0 Å². The smallest absolute Gasteiger partial charge is 0.0716 e. The molecule has 0 aromatic carbocycles. The molecule has 2 nitrogen and oxygen atoms in total. The molecule has 0 spiro atoms. The van der Waals surface area contributed by atoms with Crippen molar-refractivity contribution in [3.8, 4) is 0 Å². The SMILES string of the molecule is CCC1CCC(CN)(C2(O)CCC(C)(C)CC2)CC1. The van der Waals surface area contributed by atoms with Crippen molar-refractivity contribution in [2.75, 3.05) is 6.54 Å². The van der Waals surface area contributed by atoms with Crippen molar-refractivity contribution in [2.24, 2.45) is 22.5 Å². The third-order valence-electron chi connectivity index (χ3n) is 6.45. The van der Waals surface area contributed by atoms with Gasteiger partial charge in [-0.3, -0.25) is 0 Å². The van der Waals surface area contributed by atoms with Gasteiger partial charge in [-0.1, -0.05) is 27.2 Å². The van der Waals surface area contributed by atoms with Crippen LogP contribution >= 0.6 is 0 Å². The molecule has 3 N–H and O–H groups in total. The van der Waals surface area contributed by atoms with Crippen LogP contribution in [0.2, 0.25) is 0 Å². The Balaban J connectivity index is 2.09. The Morgan fingerprint density at radius 2 is 1.53 bits per heavy atom. The van der Waals surface area contributed by atoms with Crippen molar-refractivity contribution in [1.82, 2.24) is 0 Å². The summed E-state index contributed by atoms with van der Waals surface area (Å²) in [5.74, 6) is 0.864. The zero-order chi connectivity index (χ0) is 14.1. The molecule has 2 rings (SSSR count). The molecule has 0 unspecified atom stereocenters. The highest BCUT2D eigenvalue weighted by Gasteiger charge is 2.52. The van der Waals surface area contributed by atoms with Crippen LogP contribution in [0.5, 0.6) is 0 Å². The Bertz CT molecular complexity index is 292. The summed E-state index contributed by atoms with van der Waals surface area (Å²) in [6.07, 6.45) is 10.3. The van der Waals surface area contributed by atoms with E-state index in [-0.39, 0.29) is 5.41 Å². The van der Waals surface area contributed by atoms with Crippen LogP contribution in [0.15, 0.2) is 0 Å². The van der Waals surface area contributed by atoms with E-state index < -0.39 is 5.60 Å². The first-order valence-corrected chi connectivity index (χ1v) is 8.29. The van der Waals surface area contributed by atoms with Gasteiger partial charge in [-0.2, -0.15) is 0 Å². The number of nitrogens with two attached hydrogens (primary N) is 1. The number of rotatable bonds is 3. The molecule has 19 heavy (non-hydrogen) atoms. The van der Waals surface area contributed by atoms with Crippen molar-refractivity contribution < 1.29 is 5.11 Å². The van der Waals surface area contributed by atoms with Crippen LogP contribution in [0, 0.1) is 16.7 Å². The van der Waals surface area contributed by atoms with E-state index in [0.717, 1.165) is 44.4 Å². The van der Waals surface area contributed by atoms with E-state index in [1.165, 1.54) is 19.3 Å². The molecule has 0 aliphatic heterocycles. The maximum atomic E-state index is 11.3. The van der Waals surface area contributed by atoms with Crippen LogP contribution in [0.3, 0.4) is 0 Å². The summed E-state index contributed by atoms with van der Waals surface area (Å²) in [7, 11) is 0. The van der Waals surface area contributed by atoms with Gasteiger partial charge in [0.1, 0.15) is 0 Å². The molecule has 0 atom stereocenters. The molecule has 0 heterocycles. The van der Waals surface area contributed by atoms with Gasteiger partial charge in [0, 0.05) is 12.0 Å². The van der Waals surface area contributed by atoms with Crippen molar-refractivity contribution in [3.63, 3.8) is 0 Å². The molecule has 0 aromatic heterocycles. The van der Waals surface area contributed by atoms with Crippen molar-refractivity contribution in [2.45, 2.75) is 84.2 Å². The van der Waals surface area contributed by atoms with E-state index in [2.05, 4.69) is 20.8 Å². The lowest BCUT2D eigenvalue weighted by atomic mass is 9.55. The van der Waals surface area contributed by atoms with E-state index in [4.69, 9.17) is 5.73 Å². The van der Waals surface area contributed by atoms with E-state index >= 15 is 0 Å². The number of hydrogen-bond acceptors (Lipinski definition) is 2. The minimum absolute atomic E-state index is 0.00910. The van der Waals surface area contributed by atoms with Crippen molar-refractivity contribution >= 4 is 0 Å². The topological polar surface area (TPSA) is 46.2 Å². The zero-order valence-electron chi connectivity index (χ0n) is 13.2. The lowest BCUT2D eigenvalue weighted by Crippen LogP contribution is -2.56. The molecular formula is C17H33NO. The predicted molar refractivity (Wildman–Crippen MR) is 80.9 cm³/mol. The fourth-order valence-electron chi connectivity index (χ4n) is 4.37. The third-order valence-corrected chi connectivity index (χ3v) is 6.45. The van der Waals surface area contributed by atoms with Crippen LogP contribution < -0.4 is 5.73 Å². The van der Waals surface area contributed by atoms with Gasteiger partial charge in [-0.25, -0.2) is 0 Å². The molecule has 0 bridgehead atoms. The van der Waals surface area contributed by atoms with Gasteiger partial charge in [0.2, 0.25) is 0 Å². The largest absolute Gasteiger partial charge is 0.389 e. The predicted octanol–water partition coefficient (Wildman–Crippen LogP) is 3.86. The summed E-state index contributed by atoms with van der Waals surface area (Å²) in [5, 5.41) is 11.3. The van der Waals surface area contributed by atoms with Crippen LogP contribution in [0.25, 0.3) is 0 Å². The maximum absolute atomic E-state index is 11.3. The van der Waals surface area contributed by atoms with Gasteiger partial charge in [0.25, 0.3) is 0 Å². The lowest BCUT2D eigenvalue weighted by molar-refractivity contribution is -0.140.